The standard InChI is InChI=1S/C16H11F4N3O4S/c1-25-9-2-3-21-8(4-9)7-28(24)14-22-11-5-10-13(6-12(11)23-14)26-16(19,20)27-15(10,17)18/h2-6H,7H2,1H3,(H,22,23). The van der Waals surface area contributed by atoms with E-state index in [2.05, 4.69) is 24.4 Å². The molecule has 1 atom stereocenters. The molecule has 0 radical (unpaired) electrons. The van der Waals surface area contributed by atoms with Gasteiger partial charge in [-0.3, -0.25) is 9.97 Å². The molecule has 0 saturated carbocycles. The summed E-state index contributed by atoms with van der Waals surface area (Å²) in [4.78, 5) is 10.8. The summed E-state index contributed by atoms with van der Waals surface area (Å²) in [7, 11) is 1.47. The van der Waals surface area contributed by atoms with Gasteiger partial charge < -0.3 is 14.0 Å². The molecule has 28 heavy (non-hydrogen) atoms. The first-order chi connectivity index (χ1) is 13.2. The van der Waals surface area contributed by atoms with Crippen molar-refractivity contribution in [2.45, 2.75) is 23.3 Å². The molecular weight excluding hydrogens is 406 g/mol. The molecule has 0 fully saturated rings. The quantitative estimate of drug-likeness (QED) is 0.517. The van der Waals surface area contributed by atoms with E-state index in [1.54, 1.807) is 12.1 Å². The zero-order valence-electron chi connectivity index (χ0n) is 14.0. The molecule has 1 aliphatic rings. The number of ether oxygens (including phenoxy) is 3. The lowest BCUT2D eigenvalue weighted by atomic mass is 10.1. The molecule has 1 unspecified atom stereocenters. The molecule has 2 aromatic heterocycles. The van der Waals surface area contributed by atoms with Crippen LogP contribution in [0.15, 0.2) is 35.6 Å². The summed E-state index contributed by atoms with van der Waals surface area (Å²) < 4.78 is 79.3. The van der Waals surface area contributed by atoms with Crippen LogP contribution < -0.4 is 9.47 Å². The Morgan fingerprint density at radius 3 is 2.79 bits per heavy atom. The Labute approximate surface area is 157 Å². The maximum Gasteiger partial charge on any atom is 0.540 e. The fourth-order valence-corrected chi connectivity index (χ4v) is 3.64. The average molecular weight is 417 g/mol. The van der Waals surface area contributed by atoms with Crippen molar-refractivity contribution < 1.29 is 36.3 Å². The van der Waals surface area contributed by atoms with Crippen molar-refractivity contribution in [3.63, 3.8) is 0 Å². The Morgan fingerprint density at radius 1 is 1.25 bits per heavy atom. The Balaban J connectivity index is 1.66. The van der Waals surface area contributed by atoms with E-state index in [1.807, 2.05) is 0 Å². The first-order valence-electron chi connectivity index (χ1n) is 7.73. The molecule has 148 valence electrons. The average Bonchev–Trinajstić information content (AvgIpc) is 3.02. The van der Waals surface area contributed by atoms with Crippen LogP contribution >= 0.6 is 0 Å². The molecule has 0 aliphatic carbocycles. The third-order valence-electron chi connectivity index (χ3n) is 3.87. The number of aromatic nitrogens is 3. The Kier molecular flexibility index (Phi) is 4.36. The number of hydrogen-bond donors (Lipinski definition) is 1. The fourth-order valence-electron chi connectivity index (χ4n) is 2.65. The van der Waals surface area contributed by atoms with Crippen LogP contribution in [0.5, 0.6) is 11.5 Å². The van der Waals surface area contributed by atoms with Gasteiger partial charge in [0, 0.05) is 29.5 Å². The molecule has 1 aliphatic heterocycles. The van der Waals surface area contributed by atoms with Crippen molar-refractivity contribution in [1.82, 2.24) is 15.0 Å². The summed E-state index contributed by atoms with van der Waals surface area (Å²) in [6.07, 6.45) is -7.26. The number of rotatable bonds is 4. The van der Waals surface area contributed by atoms with Crippen LogP contribution in [0.3, 0.4) is 0 Å². The number of imidazole rings is 1. The monoisotopic (exact) mass is 417 g/mol. The number of nitrogens with zero attached hydrogens (tertiary/aromatic N) is 2. The van der Waals surface area contributed by atoms with Gasteiger partial charge >= 0.3 is 17.6 Å². The minimum absolute atomic E-state index is 0.0232. The molecule has 12 heteroatoms. The number of H-pyrrole nitrogens is 1. The van der Waals surface area contributed by atoms with Gasteiger partial charge in [-0.25, -0.2) is 4.74 Å². The summed E-state index contributed by atoms with van der Waals surface area (Å²) in [5.74, 6) is -0.267. The van der Waals surface area contributed by atoms with Gasteiger partial charge in [0.1, 0.15) is 11.5 Å². The zero-order valence-corrected chi connectivity index (χ0v) is 14.9. The summed E-state index contributed by atoms with van der Waals surface area (Å²) in [6.45, 7) is 0. The van der Waals surface area contributed by atoms with E-state index in [4.69, 9.17) is 4.74 Å². The van der Waals surface area contributed by atoms with E-state index in [0.29, 0.717) is 11.4 Å². The Hall–Kier alpha value is -2.57. The summed E-state index contributed by atoms with van der Waals surface area (Å²) in [6, 6.07) is 5.00. The molecule has 0 bridgehead atoms. The highest BCUT2D eigenvalue weighted by Gasteiger charge is 2.54. The van der Waals surface area contributed by atoms with Crippen LogP contribution in [-0.4, -0.2) is 32.9 Å². The zero-order chi connectivity index (χ0) is 20.1. The third kappa shape index (κ3) is 3.45. The van der Waals surface area contributed by atoms with Gasteiger partial charge in [0.15, 0.2) is 5.75 Å². The van der Waals surface area contributed by atoms with Gasteiger partial charge in [0.25, 0.3) is 0 Å². The predicted molar refractivity (Wildman–Crippen MR) is 87.5 cm³/mol. The molecule has 0 saturated heterocycles. The second-order valence-corrected chi connectivity index (χ2v) is 7.14. The SMILES string of the molecule is COc1ccnc(C[S+]([O-])c2nc3cc4c(cc3[nH]2)C(F)(F)OC(F)(F)O4)c1. The van der Waals surface area contributed by atoms with Crippen molar-refractivity contribution in [3.05, 3.63) is 41.7 Å². The van der Waals surface area contributed by atoms with Gasteiger partial charge in [-0.1, -0.05) is 0 Å². The molecule has 3 heterocycles. The normalized spacial score (nSPS) is 18.4. The van der Waals surface area contributed by atoms with Crippen molar-refractivity contribution in [1.29, 1.82) is 0 Å². The highest BCUT2D eigenvalue weighted by atomic mass is 32.2. The van der Waals surface area contributed by atoms with Crippen LogP contribution in [0.1, 0.15) is 11.3 Å². The van der Waals surface area contributed by atoms with Gasteiger partial charge in [0.05, 0.1) is 29.4 Å². The number of methoxy groups -OCH3 is 1. The van der Waals surface area contributed by atoms with Crippen LogP contribution in [0.4, 0.5) is 17.6 Å². The van der Waals surface area contributed by atoms with E-state index in [9.17, 15) is 22.1 Å². The molecule has 0 amide bonds. The van der Waals surface area contributed by atoms with E-state index >= 15 is 0 Å². The molecule has 3 aromatic rings. The second-order valence-electron chi connectivity index (χ2n) is 5.77. The maximum atomic E-state index is 13.8. The molecule has 1 N–H and O–H groups in total. The number of alkyl halides is 4. The Bertz CT molecular complexity index is 1050. The van der Waals surface area contributed by atoms with Gasteiger partial charge in [-0.05, 0) is 12.1 Å². The summed E-state index contributed by atoms with van der Waals surface area (Å²) in [5, 5.41) is -0.0297. The van der Waals surface area contributed by atoms with Crippen molar-refractivity contribution in [3.8, 4) is 11.5 Å². The van der Waals surface area contributed by atoms with Crippen LogP contribution in [-0.2, 0) is 27.8 Å². The summed E-state index contributed by atoms with van der Waals surface area (Å²) in [5.41, 5.74) is -0.325. The molecule has 0 spiro atoms. The van der Waals surface area contributed by atoms with Gasteiger partial charge in [-0.2, -0.15) is 13.8 Å². The van der Waals surface area contributed by atoms with Gasteiger partial charge in [-0.15, -0.1) is 8.78 Å². The van der Waals surface area contributed by atoms with Crippen molar-refractivity contribution >= 4 is 22.2 Å². The second kappa shape index (κ2) is 6.50. The topological polar surface area (TPSA) is 92.3 Å². The number of benzene rings is 1. The minimum Gasteiger partial charge on any atom is -0.609 e. The number of pyridine rings is 1. The fraction of sp³-hybridized carbons (Fsp3) is 0.250. The largest absolute Gasteiger partial charge is 0.609 e. The highest BCUT2D eigenvalue weighted by molar-refractivity contribution is 7.90. The summed E-state index contributed by atoms with van der Waals surface area (Å²) >= 11 is -1.71. The predicted octanol–water partition coefficient (Wildman–Crippen LogP) is 3.28. The lowest BCUT2D eigenvalue weighted by molar-refractivity contribution is -0.461. The number of nitrogens with one attached hydrogen (secondary N) is 1. The Morgan fingerprint density at radius 2 is 2.04 bits per heavy atom. The molecule has 1 aromatic carbocycles. The van der Waals surface area contributed by atoms with Crippen molar-refractivity contribution in [2.75, 3.05) is 7.11 Å². The highest BCUT2D eigenvalue weighted by Crippen LogP contribution is 2.47. The van der Waals surface area contributed by atoms with Crippen LogP contribution in [0.25, 0.3) is 11.0 Å². The lowest BCUT2D eigenvalue weighted by Gasteiger charge is -2.30. The number of aromatic amines is 1. The number of halogens is 4. The molecule has 7 nitrogen and oxygen atoms in total. The van der Waals surface area contributed by atoms with Crippen molar-refractivity contribution in [2.24, 2.45) is 0 Å². The maximum absolute atomic E-state index is 13.8. The van der Waals surface area contributed by atoms with Crippen LogP contribution in [0.2, 0.25) is 0 Å². The van der Waals surface area contributed by atoms with E-state index < -0.39 is 34.9 Å². The van der Waals surface area contributed by atoms with E-state index in [1.165, 1.54) is 13.3 Å². The first kappa shape index (κ1) is 18.8. The number of fused-ring (bicyclic) bond motifs is 2. The molecular formula is C16H11F4N3O4S. The first-order valence-corrected chi connectivity index (χ1v) is 9.05. The lowest BCUT2D eigenvalue weighted by Crippen LogP contribution is -2.41. The smallest absolute Gasteiger partial charge is 0.540 e. The number of hydrogen-bond acceptors (Lipinski definition) is 6. The van der Waals surface area contributed by atoms with Gasteiger partial charge in [0.2, 0.25) is 0 Å². The van der Waals surface area contributed by atoms with Crippen LogP contribution in [0, 0.1) is 0 Å². The van der Waals surface area contributed by atoms with E-state index in [-0.39, 0.29) is 21.9 Å². The van der Waals surface area contributed by atoms with E-state index in [0.717, 1.165) is 12.1 Å². The third-order valence-corrected chi connectivity index (χ3v) is 5.05. The molecule has 4 rings (SSSR count). The minimum atomic E-state index is -4.48.